The Bertz CT molecular complexity index is 1160. The van der Waals surface area contributed by atoms with Crippen LogP contribution in [0.15, 0.2) is 0 Å². The Morgan fingerprint density at radius 2 is 1.00 bits per heavy atom. The molecule has 25 heteroatoms. The number of nitrogens with zero attached hydrogens (tertiary/aromatic N) is 3. The van der Waals surface area contributed by atoms with Crippen molar-refractivity contribution in [2.45, 2.75) is 77.6 Å². The highest BCUT2D eigenvalue weighted by atomic mass is 79.9. The lowest BCUT2D eigenvalue weighted by Gasteiger charge is -2.28. The van der Waals surface area contributed by atoms with Crippen LogP contribution in [0.2, 0.25) is 0 Å². The van der Waals surface area contributed by atoms with Gasteiger partial charge in [0, 0.05) is 31.0 Å². The number of carbonyl (C=O) groups excluding carboxylic acids is 3. The first-order valence-corrected chi connectivity index (χ1v) is 22.0. The molecule has 0 rings (SSSR count). The molecule has 0 aliphatic carbocycles. The van der Waals surface area contributed by atoms with Crippen molar-refractivity contribution in [2.24, 2.45) is 0 Å². The van der Waals surface area contributed by atoms with E-state index in [0.717, 1.165) is 44.2 Å². The minimum Gasteiger partial charge on any atom is -1.00 e. The number of ether oxygens (including phenoxy) is 3. The van der Waals surface area contributed by atoms with Crippen molar-refractivity contribution < 1.29 is 111 Å². The van der Waals surface area contributed by atoms with Gasteiger partial charge in [-0.25, -0.2) is 13.2 Å². The molecule has 380 valence electrons. The third kappa shape index (κ3) is 67.3. The summed E-state index contributed by atoms with van der Waals surface area (Å²) >= 11 is 3.22. The Labute approximate surface area is 388 Å². The highest BCUT2D eigenvalue weighted by Crippen LogP contribution is 2.24. The maximum absolute atomic E-state index is 12.1. The van der Waals surface area contributed by atoms with Crippen LogP contribution in [0.4, 0.5) is 26.3 Å². The zero-order valence-electron chi connectivity index (χ0n) is 38.5. The molecule has 0 heterocycles. The fourth-order valence-corrected chi connectivity index (χ4v) is 4.35. The first-order chi connectivity index (χ1) is 27.7. The van der Waals surface area contributed by atoms with E-state index >= 15 is 0 Å². The van der Waals surface area contributed by atoms with Gasteiger partial charge in [0.05, 0.1) is 80.5 Å². The summed E-state index contributed by atoms with van der Waals surface area (Å²) in [6.07, 6.45) is 4.78. The van der Waals surface area contributed by atoms with Gasteiger partial charge in [0.1, 0.15) is 33.1 Å². The smallest absolute Gasteiger partial charge is 0.523 e. The van der Waals surface area contributed by atoms with Crippen molar-refractivity contribution in [1.29, 1.82) is 0 Å². The number of carboxylic acid groups (broad SMARTS) is 1. The highest BCUT2D eigenvalue weighted by Gasteiger charge is 2.47. The summed E-state index contributed by atoms with van der Waals surface area (Å²) < 4.78 is 108. The van der Waals surface area contributed by atoms with Gasteiger partial charge in [-0.2, -0.15) is 21.6 Å². The number of nitrogens with one attached hydrogen (secondary N) is 1. The molecule has 0 aromatic rings. The Balaban J connectivity index is -0.0000000961. The van der Waals surface area contributed by atoms with Gasteiger partial charge in [0.15, 0.2) is 0 Å². The lowest BCUT2D eigenvalue weighted by molar-refractivity contribution is -0.890. The molecule has 0 amide bonds. The van der Waals surface area contributed by atoms with Crippen LogP contribution in [0.5, 0.6) is 0 Å². The van der Waals surface area contributed by atoms with Gasteiger partial charge in [0.2, 0.25) is 0 Å². The van der Waals surface area contributed by atoms with Gasteiger partial charge in [0.25, 0.3) is 0 Å². The number of carboxylic acids is 1. The zero-order chi connectivity index (χ0) is 48.3. The van der Waals surface area contributed by atoms with Gasteiger partial charge < -0.3 is 63.3 Å². The molecule has 0 bridgehead atoms. The SMILES string of the molecule is CCOC(=O)CCCBr.CCOC(=O)CCCN(C)C.CCOC(=O)CCC[N+](C)(C)CCF.CNC.C[N+](C)(CCF)CCCC(=O)O.O=S(=O)(OCCF)C(F)(F)F.[Cl-].[Cl-]. The first-order valence-electron chi connectivity index (χ1n) is 19.4. The van der Waals surface area contributed by atoms with E-state index in [0.29, 0.717) is 67.6 Å². The number of carbonyl (C=O) groups is 4. The van der Waals surface area contributed by atoms with E-state index in [1.54, 1.807) is 6.92 Å². The van der Waals surface area contributed by atoms with Gasteiger partial charge in [-0.1, -0.05) is 15.9 Å². The van der Waals surface area contributed by atoms with Crippen LogP contribution >= 0.6 is 15.9 Å². The van der Waals surface area contributed by atoms with E-state index in [4.69, 9.17) is 14.6 Å². The Morgan fingerprint density at radius 1 is 0.661 bits per heavy atom. The molecule has 0 saturated heterocycles. The number of halogens is 9. The highest BCUT2D eigenvalue weighted by molar-refractivity contribution is 9.09. The van der Waals surface area contributed by atoms with E-state index in [-0.39, 0.29) is 62.5 Å². The topological polar surface area (TPSA) is 175 Å². The minimum atomic E-state index is -5.60. The Morgan fingerprint density at radius 3 is 1.27 bits per heavy atom. The molecule has 0 unspecified atom stereocenters. The number of aliphatic carboxylic acids is 1. The van der Waals surface area contributed by atoms with Crippen molar-refractivity contribution in [1.82, 2.24) is 10.2 Å². The van der Waals surface area contributed by atoms with Gasteiger partial charge in [-0.3, -0.25) is 23.4 Å². The van der Waals surface area contributed by atoms with Crippen LogP contribution in [0.1, 0.15) is 72.1 Å². The molecule has 0 atom stereocenters. The summed E-state index contributed by atoms with van der Waals surface area (Å²) in [4.78, 5) is 44.5. The molecule has 0 spiro atoms. The molecule has 2 N–H and O–H groups in total. The van der Waals surface area contributed by atoms with E-state index in [1.165, 1.54) is 0 Å². The second-order valence-corrected chi connectivity index (χ2v) is 16.2. The van der Waals surface area contributed by atoms with Crippen molar-refractivity contribution in [3.05, 3.63) is 0 Å². The lowest BCUT2D eigenvalue weighted by atomic mass is 10.2. The van der Waals surface area contributed by atoms with E-state index in [1.807, 2.05) is 70.2 Å². The van der Waals surface area contributed by atoms with Crippen LogP contribution in [-0.2, 0) is 47.7 Å². The predicted molar refractivity (Wildman–Crippen MR) is 224 cm³/mol. The quantitative estimate of drug-likeness (QED) is 0.0230. The second-order valence-electron chi connectivity index (χ2n) is 13.8. The van der Waals surface area contributed by atoms with Gasteiger partial charge in [-0.05, 0) is 68.3 Å². The molecule has 0 aliphatic rings. The normalized spacial score (nSPS) is 10.6. The van der Waals surface area contributed by atoms with E-state index < -0.39 is 34.9 Å². The van der Waals surface area contributed by atoms with Crippen LogP contribution < -0.4 is 30.1 Å². The standard InChI is InChI=1S/C10H21FNO2.C8H16FNO2.C8H17NO2.C6H11BrO2.C3H4F4O3S.C2H7N.2ClH/c1-4-14-10(13)6-5-8-12(2,3)9-7-11;1-10(2,7-5-9)6-3-4-8(11)12;1-4-11-8(10)6-5-7-9(2)3;1-2-9-6(8)4-3-5-7;4-1-2-10-11(8,9)3(5,6)7;1-3-2;;/h4-9H2,1-3H3;3-7H2,1-2H3;4-7H2,1-3H3;2-5H2,1H3;1-2H2;3H,1-2H3;2*1H/q+1;;;;;;;/p-1. The lowest BCUT2D eigenvalue weighted by Crippen LogP contribution is -3.00. The molecule has 0 aromatic carbocycles. The van der Waals surface area contributed by atoms with Crippen LogP contribution in [-0.4, -0.2) is 198 Å². The average molecular weight is 1050 g/mol. The summed E-state index contributed by atoms with van der Waals surface area (Å²) in [5, 5.41) is 12.0. The predicted octanol–water partition coefficient (Wildman–Crippen LogP) is -0.446. The summed E-state index contributed by atoms with van der Waals surface area (Å²) in [5.41, 5.74) is -5.47. The Kier molecular flexibility index (Phi) is 62.8. The van der Waals surface area contributed by atoms with Gasteiger partial charge in [-0.15, -0.1) is 0 Å². The van der Waals surface area contributed by atoms with Crippen molar-refractivity contribution in [3.8, 4) is 0 Å². The van der Waals surface area contributed by atoms with Crippen molar-refractivity contribution in [2.75, 3.05) is 141 Å². The van der Waals surface area contributed by atoms with Crippen LogP contribution in [0, 0.1) is 0 Å². The third-order valence-electron chi connectivity index (χ3n) is 6.69. The molecular formula is C37H77BrCl2F6N4O11S. The monoisotopic (exact) mass is 1050 g/mol. The van der Waals surface area contributed by atoms with Crippen LogP contribution in [0.25, 0.3) is 0 Å². The van der Waals surface area contributed by atoms with Gasteiger partial charge >= 0.3 is 39.5 Å². The Hall–Kier alpha value is -1.73. The van der Waals surface area contributed by atoms with E-state index in [2.05, 4.69) is 35.1 Å². The summed E-state index contributed by atoms with van der Waals surface area (Å²) in [7, 11) is 9.87. The second kappa shape index (κ2) is 50.3. The number of rotatable bonds is 25. The number of alkyl halides is 7. The maximum atomic E-state index is 12.1. The minimum absolute atomic E-state index is 0. The van der Waals surface area contributed by atoms with Crippen molar-refractivity contribution >= 4 is 49.9 Å². The summed E-state index contributed by atoms with van der Waals surface area (Å²) in [5.74, 6) is -1.13. The number of quaternary nitrogens is 2. The molecule has 62 heavy (non-hydrogen) atoms. The first kappa shape index (κ1) is 77.5. The number of hydrogen-bond donors (Lipinski definition) is 2. The van der Waals surface area contributed by atoms with E-state index in [9.17, 15) is 53.9 Å². The third-order valence-corrected chi connectivity index (χ3v) is 8.30. The molecule has 0 radical (unpaired) electrons. The maximum Gasteiger partial charge on any atom is 0.523 e. The molecule has 15 nitrogen and oxygen atoms in total. The average Bonchev–Trinajstić information content (AvgIpc) is 3.11. The molecule has 0 aliphatic heterocycles. The fourth-order valence-electron chi connectivity index (χ4n) is 3.65. The molecule has 0 aromatic heterocycles. The largest absolute Gasteiger partial charge is 1.00 e. The summed E-state index contributed by atoms with van der Waals surface area (Å²) in [6.45, 7) is 7.21. The number of hydrogen-bond acceptors (Lipinski definition) is 12. The van der Waals surface area contributed by atoms with Crippen LogP contribution in [0.3, 0.4) is 0 Å². The van der Waals surface area contributed by atoms with Crippen molar-refractivity contribution in [3.63, 3.8) is 0 Å². The fraction of sp³-hybridized carbons (Fsp3) is 0.892. The molecule has 0 saturated carbocycles. The molecular weight excluding hydrogens is 973 g/mol. The zero-order valence-corrected chi connectivity index (χ0v) is 42.4. The molecule has 0 fully saturated rings. The number of esters is 3. The summed E-state index contributed by atoms with van der Waals surface area (Å²) in [6, 6.07) is 0.